The van der Waals surface area contributed by atoms with Crippen molar-refractivity contribution in [3.63, 3.8) is 0 Å². The number of aromatic amines is 1. The quantitative estimate of drug-likeness (QED) is 0.658. The van der Waals surface area contributed by atoms with Crippen LogP contribution in [0.2, 0.25) is 10.0 Å². The van der Waals surface area contributed by atoms with E-state index in [-0.39, 0.29) is 0 Å². The zero-order valence-electron chi connectivity index (χ0n) is 10.9. The number of nitrogens with zero attached hydrogens (tertiary/aromatic N) is 1. The highest BCUT2D eigenvalue weighted by atomic mass is 35.5. The van der Waals surface area contributed by atoms with Gasteiger partial charge in [0.15, 0.2) is 0 Å². The summed E-state index contributed by atoms with van der Waals surface area (Å²) in [5, 5.41) is 1.16. The van der Waals surface area contributed by atoms with Gasteiger partial charge in [0.2, 0.25) is 0 Å². The number of hydrogen-bond donors (Lipinski definition) is 1. The predicted molar refractivity (Wildman–Crippen MR) is 86.3 cm³/mol. The molecule has 1 aromatic heterocycles. The number of benzene rings is 2. The predicted octanol–water partition coefficient (Wildman–Crippen LogP) is 5.57. The minimum atomic E-state index is 0.580. The van der Waals surface area contributed by atoms with Crippen molar-refractivity contribution in [1.82, 2.24) is 9.97 Å². The summed E-state index contributed by atoms with van der Waals surface area (Å²) in [5.41, 5.74) is 4.64. The van der Waals surface area contributed by atoms with Gasteiger partial charge in [-0.1, -0.05) is 47.5 Å². The second kappa shape index (κ2) is 4.97. The van der Waals surface area contributed by atoms with Crippen molar-refractivity contribution in [3.8, 4) is 11.4 Å². The van der Waals surface area contributed by atoms with Gasteiger partial charge in [0, 0.05) is 0 Å². The van der Waals surface area contributed by atoms with Crippen LogP contribution in [0.5, 0.6) is 0 Å². The molecule has 0 amide bonds. The Kier molecular flexibility index (Phi) is 3.28. The molecule has 20 heavy (non-hydrogen) atoms. The summed E-state index contributed by atoms with van der Waals surface area (Å²) in [5.74, 6) is 0.675. The lowest BCUT2D eigenvalue weighted by atomic mass is 10.1. The number of aromatic nitrogens is 2. The molecule has 0 aliphatic heterocycles. The lowest BCUT2D eigenvalue weighted by molar-refractivity contribution is 1.34. The number of imidazole rings is 1. The summed E-state index contributed by atoms with van der Waals surface area (Å²) in [7, 11) is 0. The summed E-state index contributed by atoms with van der Waals surface area (Å²) < 4.78 is 0. The summed E-state index contributed by atoms with van der Waals surface area (Å²) in [6, 6.07) is 11.4. The molecule has 2 aromatic carbocycles. The normalized spacial score (nSPS) is 10.9. The monoisotopic (exact) mass is 302 g/mol. The molecule has 0 fully saturated rings. The Balaban J connectivity index is 2.21. The number of fused-ring (bicyclic) bond motifs is 1. The minimum Gasteiger partial charge on any atom is -0.338 e. The Morgan fingerprint density at radius 3 is 2.50 bits per heavy atom. The van der Waals surface area contributed by atoms with E-state index >= 15 is 0 Å². The topological polar surface area (TPSA) is 28.7 Å². The van der Waals surface area contributed by atoms with Gasteiger partial charge in [-0.3, -0.25) is 0 Å². The first-order valence-corrected chi connectivity index (χ1v) is 6.92. The molecule has 3 aromatic rings. The Labute approximate surface area is 127 Å². The van der Waals surface area contributed by atoms with E-state index in [0.29, 0.717) is 15.9 Å². The van der Waals surface area contributed by atoms with Crippen LogP contribution in [-0.2, 0) is 0 Å². The van der Waals surface area contributed by atoms with Crippen LogP contribution < -0.4 is 0 Å². The van der Waals surface area contributed by atoms with E-state index in [0.717, 1.165) is 27.7 Å². The summed E-state index contributed by atoms with van der Waals surface area (Å²) in [6.45, 7) is 5.92. The molecular formula is C16H12Cl2N2. The molecule has 2 nitrogen and oxygen atoms in total. The molecule has 1 heterocycles. The van der Waals surface area contributed by atoms with E-state index in [9.17, 15) is 0 Å². The molecule has 0 unspecified atom stereocenters. The van der Waals surface area contributed by atoms with E-state index in [1.165, 1.54) is 0 Å². The average molecular weight is 303 g/mol. The Bertz CT molecular complexity index is 798. The summed E-state index contributed by atoms with van der Waals surface area (Å²) in [6.07, 6.45) is 0. The average Bonchev–Trinajstić information content (AvgIpc) is 2.80. The van der Waals surface area contributed by atoms with Gasteiger partial charge in [-0.05, 0) is 36.8 Å². The third-order valence-corrected chi connectivity index (χ3v) is 3.80. The highest BCUT2D eigenvalue weighted by molar-refractivity contribution is 6.39. The van der Waals surface area contributed by atoms with Crippen molar-refractivity contribution in [1.29, 1.82) is 0 Å². The van der Waals surface area contributed by atoms with E-state index in [1.54, 1.807) is 12.1 Å². The van der Waals surface area contributed by atoms with Gasteiger partial charge >= 0.3 is 0 Å². The Morgan fingerprint density at radius 2 is 1.85 bits per heavy atom. The molecular weight excluding hydrogens is 291 g/mol. The first-order chi connectivity index (χ1) is 9.56. The second-order valence-corrected chi connectivity index (χ2v) is 5.51. The SMILES string of the molecule is C=C(C)c1ccc2nc(-c3c(Cl)cccc3Cl)[nH]c2c1. The van der Waals surface area contributed by atoms with Crippen molar-refractivity contribution in [2.24, 2.45) is 0 Å². The zero-order valence-corrected chi connectivity index (χ0v) is 12.4. The third kappa shape index (κ3) is 2.21. The fourth-order valence-electron chi connectivity index (χ4n) is 2.12. The van der Waals surface area contributed by atoms with E-state index < -0.39 is 0 Å². The van der Waals surface area contributed by atoms with E-state index in [1.807, 2.05) is 31.2 Å². The van der Waals surface area contributed by atoms with Gasteiger partial charge in [-0.15, -0.1) is 0 Å². The maximum atomic E-state index is 6.21. The third-order valence-electron chi connectivity index (χ3n) is 3.17. The minimum absolute atomic E-state index is 0.580. The molecule has 1 N–H and O–H groups in total. The second-order valence-electron chi connectivity index (χ2n) is 4.69. The molecule has 3 rings (SSSR count). The molecule has 0 aliphatic rings. The van der Waals surface area contributed by atoms with Crippen LogP contribution >= 0.6 is 23.2 Å². The highest BCUT2D eigenvalue weighted by Crippen LogP contribution is 2.34. The molecule has 0 radical (unpaired) electrons. The van der Waals surface area contributed by atoms with Crippen LogP contribution in [0.15, 0.2) is 43.0 Å². The Morgan fingerprint density at radius 1 is 1.15 bits per heavy atom. The summed E-state index contributed by atoms with van der Waals surface area (Å²) in [4.78, 5) is 7.82. The van der Waals surface area contributed by atoms with Crippen LogP contribution in [0.1, 0.15) is 12.5 Å². The molecule has 100 valence electrons. The van der Waals surface area contributed by atoms with Crippen molar-refractivity contribution in [3.05, 3.63) is 58.6 Å². The van der Waals surface area contributed by atoms with E-state index in [4.69, 9.17) is 23.2 Å². The van der Waals surface area contributed by atoms with Crippen molar-refractivity contribution >= 4 is 39.8 Å². The molecule has 4 heteroatoms. The lowest BCUT2D eigenvalue weighted by Gasteiger charge is -2.02. The van der Waals surface area contributed by atoms with Crippen molar-refractivity contribution in [2.45, 2.75) is 6.92 Å². The highest BCUT2D eigenvalue weighted by Gasteiger charge is 2.12. The number of nitrogens with one attached hydrogen (secondary N) is 1. The maximum absolute atomic E-state index is 6.21. The van der Waals surface area contributed by atoms with Crippen molar-refractivity contribution in [2.75, 3.05) is 0 Å². The van der Waals surface area contributed by atoms with Gasteiger partial charge in [-0.25, -0.2) is 4.98 Å². The van der Waals surface area contributed by atoms with Gasteiger partial charge in [0.05, 0.1) is 26.6 Å². The first-order valence-electron chi connectivity index (χ1n) is 6.16. The van der Waals surface area contributed by atoms with Crippen LogP contribution in [-0.4, -0.2) is 9.97 Å². The largest absolute Gasteiger partial charge is 0.338 e. The molecule has 0 spiro atoms. The Hall–Kier alpha value is -1.77. The summed E-state index contributed by atoms with van der Waals surface area (Å²) >= 11 is 12.4. The van der Waals surface area contributed by atoms with Crippen LogP contribution in [0.3, 0.4) is 0 Å². The first kappa shape index (κ1) is 13.2. The van der Waals surface area contributed by atoms with Crippen LogP contribution in [0.4, 0.5) is 0 Å². The van der Waals surface area contributed by atoms with Gasteiger partial charge in [0.25, 0.3) is 0 Å². The van der Waals surface area contributed by atoms with Crippen molar-refractivity contribution < 1.29 is 0 Å². The number of halogens is 2. The van der Waals surface area contributed by atoms with Gasteiger partial charge < -0.3 is 4.98 Å². The van der Waals surface area contributed by atoms with Gasteiger partial charge in [0.1, 0.15) is 5.82 Å². The van der Waals surface area contributed by atoms with Crippen LogP contribution in [0, 0.1) is 0 Å². The molecule has 0 bridgehead atoms. The molecule has 0 atom stereocenters. The van der Waals surface area contributed by atoms with Crippen LogP contribution in [0.25, 0.3) is 28.0 Å². The van der Waals surface area contributed by atoms with Gasteiger partial charge in [-0.2, -0.15) is 0 Å². The lowest BCUT2D eigenvalue weighted by Crippen LogP contribution is -1.83. The number of rotatable bonds is 2. The number of allylic oxidation sites excluding steroid dienone is 1. The molecule has 0 saturated carbocycles. The standard InChI is InChI=1S/C16H12Cl2N2/c1-9(2)10-6-7-13-14(8-10)20-16(19-13)15-11(17)4-3-5-12(15)18/h3-8H,1H2,2H3,(H,19,20). The molecule has 0 saturated heterocycles. The maximum Gasteiger partial charge on any atom is 0.141 e. The molecule has 0 aliphatic carbocycles. The number of H-pyrrole nitrogens is 1. The van der Waals surface area contributed by atoms with E-state index in [2.05, 4.69) is 16.5 Å². The fraction of sp³-hybridized carbons (Fsp3) is 0.0625. The number of hydrogen-bond acceptors (Lipinski definition) is 1. The fourth-order valence-corrected chi connectivity index (χ4v) is 2.69. The zero-order chi connectivity index (χ0) is 14.3. The smallest absolute Gasteiger partial charge is 0.141 e.